The smallest absolute Gasteiger partial charge is 0.0495 e. The predicted octanol–water partition coefficient (Wildman–Crippen LogP) is 6.02. The van der Waals surface area contributed by atoms with E-state index in [9.17, 15) is 0 Å². The highest BCUT2D eigenvalue weighted by atomic mass is 35.5. The SMILES string of the molecule is CCOCC1CCN(C[C@H]2CN(Cc3ccc(Cl)cc3Cl)C[C@@H]2c2ccsc2)CC1. The maximum Gasteiger partial charge on any atom is 0.0495 e. The first-order valence-corrected chi connectivity index (χ1v) is 12.8. The molecule has 0 aliphatic carbocycles. The van der Waals surface area contributed by atoms with E-state index in [-0.39, 0.29) is 0 Å². The van der Waals surface area contributed by atoms with Crippen molar-refractivity contribution in [1.82, 2.24) is 9.80 Å². The standard InChI is InChI=1S/C24H32Cl2N2OS/c1-2-29-16-18-5-8-27(9-6-18)13-21-14-28(15-23(21)20-7-10-30-17-20)12-19-3-4-22(25)11-24(19)26/h3-4,7,10-11,17-18,21,23H,2,5-6,8-9,12-16H2,1H3/t21-,23+/m0/s1. The number of benzene rings is 1. The van der Waals surface area contributed by atoms with E-state index in [4.69, 9.17) is 27.9 Å². The van der Waals surface area contributed by atoms with Crippen molar-refractivity contribution in [3.05, 3.63) is 56.2 Å². The summed E-state index contributed by atoms with van der Waals surface area (Å²) in [7, 11) is 0. The minimum Gasteiger partial charge on any atom is -0.381 e. The van der Waals surface area contributed by atoms with Crippen molar-refractivity contribution in [2.45, 2.75) is 32.2 Å². The molecular formula is C24H32Cl2N2OS. The number of ether oxygens (including phenoxy) is 1. The molecule has 0 spiro atoms. The molecule has 30 heavy (non-hydrogen) atoms. The molecule has 6 heteroatoms. The Balaban J connectivity index is 1.38. The van der Waals surface area contributed by atoms with E-state index in [0.29, 0.717) is 16.9 Å². The van der Waals surface area contributed by atoms with Crippen LogP contribution >= 0.6 is 34.5 Å². The third-order valence-electron chi connectivity index (χ3n) is 6.65. The van der Waals surface area contributed by atoms with E-state index in [0.717, 1.165) is 43.8 Å². The van der Waals surface area contributed by atoms with Crippen LogP contribution in [0.3, 0.4) is 0 Å². The van der Waals surface area contributed by atoms with Crippen LogP contribution in [0.1, 0.15) is 36.8 Å². The van der Waals surface area contributed by atoms with Gasteiger partial charge in [-0.15, -0.1) is 0 Å². The zero-order chi connectivity index (χ0) is 20.9. The molecule has 2 fully saturated rings. The molecule has 0 saturated carbocycles. The number of piperidine rings is 1. The molecule has 2 aromatic rings. The average Bonchev–Trinajstić information content (AvgIpc) is 3.39. The van der Waals surface area contributed by atoms with Gasteiger partial charge in [0.1, 0.15) is 0 Å². The highest BCUT2D eigenvalue weighted by molar-refractivity contribution is 7.08. The first-order chi connectivity index (χ1) is 14.6. The highest BCUT2D eigenvalue weighted by Crippen LogP contribution is 2.36. The molecule has 3 nitrogen and oxygen atoms in total. The minimum atomic E-state index is 0.600. The van der Waals surface area contributed by atoms with Crippen LogP contribution in [0, 0.1) is 11.8 Å². The highest BCUT2D eigenvalue weighted by Gasteiger charge is 2.35. The quantitative estimate of drug-likeness (QED) is 0.472. The Labute approximate surface area is 194 Å². The first kappa shape index (κ1) is 22.6. The van der Waals surface area contributed by atoms with E-state index >= 15 is 0 Å². The maximum absolute atomic E-state index is 6.46. The summed E-state index contributed by atoms with van der Waals surface area (Å²) in [6.07, 6.45) is 2.53. The lowest BCUT2D eigenvalue weighted by molar-refractivity contribution is 0.0694. The summed E-state index contributed by atoms with van der Waals surface area (Å²) in [5, 5.41) is 6.02. The van der Waals surface area contributed by atoms with Crippen molar-refractivity contribution in [3.8, 4) is 0 Å². The first-order valence-electron chi connectivity index (χ1n) is 11.1. The van der Waals surface area contributed by atoms with Gasteiger partial charge in [0.25, 0.3) is 0 Å². The topological polar surface area (TPSA) is 15.7 Å². The average molecular weight is 468 g/mol. The number of rotatable bonds is 8. The second-order valence-corrected chi connectivity index (χ2v) is 10.4. The molecule has 0 radical (unpaired) electrons. The Morgan fingerprint density at radius 1 is 1.10 bits per heavy atom. The lowest BCUT2D eigenvalue weighted by atomic mass is 9.89. The fourth-order valence-electron chi connectivity index (χ4n) is 4.98. The third kappa shape index (κ3) is 5.79. The van der Waals surface area contributed by atoms with Gasteiger partial charge in [-0.25, -0.2) is 0 Å². The van der Waals surface area contributed by atoms with Crippen molar-refractivity contribution in [2.75, 3.05) is 45.9 Å². The molecule has 1 aromatic heterocycles. The van der Waals surface area contributed by atoms with Gasteiger partial charge >= 0.3 is 0 Å². The number of thiophene rings is 1. The summed E-state index contributed by atoms with van der Waals surface area (Å²) in [4.78, 5) is 5.26. The second kappa shape index (κ2) is 10.8. The summed E-state index contributed by atoms with van der Waals surface area (Å²) in [6.45, 7) is 10.6. The summed E-state index contributed by atoms with van der Waals surface area (Å²) >= 11 is 14.4. The van der Waals surface area contributed by atoms with Crippen molar-refractivity contribution >= 4 is 34.5 Å². The Bertz CT molecular complexity index is 793. The molecular weight excluding hydrogens is 435 g/mol. The van der Waals surface area contributed by atoms with Crippen LogP contribution in [0.5, 0.6) is 0 Å². The van der Waals surface area contributed by atoms with Gasteiger partial charge in [-0.2, -0.15) is 11.3 Å². The molecule has 0 unspecified atom stereocenters. The van der Waals surface area contributed by atoms with E-state index in [1.807, 2.05) is 23.5 Å². The normalized spacial score (nSPS) is 24.0. The van der Waals surface area contributed by atoms with Crippen molar-refractivity contribution in [2.24, 2.45) is 11.8 Å². The summed E-state index contributed by atoms with van der Waals surface area (Å²) in [6, 6.07) is 8.18. The minimum absolute atomic E-state index is 0.600. The molecule has 4 rings (SSSR count). The summed E-state index contributed by atoms with van der Waals surface area (Å²) in [5.74, 6) is 2.00. The van der Waals surface area contributed by atoms with Crippen LogP contribution in [0.15, 0.2) is 35.0 Å². The summed E-state index contributed by atoms with van der Waals surface area (Å²) in [5.41, 5.74) is 2.67. The monoisotopic (exact) mass is 466 g/mol. The molecule has 3 heterocycles. The predicted molar refractivity (Wildman–Crippen MR) is 128 cm³/mol. The Morgan fingerprint density at radius 3 is 2.63 bits per heavy atom. The number of halogens is 2. The van der Waals surface area contributed by atoms with Gasteiger partial charge in [-0.3, -0.25) is 4.90 Å². The van der Waals surface area contributed by atoms with Gasteiger partial charge in [0, 0.05) is 55.4 Å². The molecule has 0 N–H and O–H groups in total. The van der Waals surface area contributed by atoms with Crippen molar-refractivity contribution in [3.63, 3.8) is 0 Å². The fraction of sp³-hybridized carbons (Fsp3) is 0.583. The molecule has 0 amide bonds. The van der Waals surface area contributed by atoms with Crippen LogP contribution in [0.2, 0.25) is 10.0 Å². The maximum atomic E-state index is 6.46. The van der Waals surface area contributed by atoms with Crippen molar-refractivity contribution in [1.29, 1.82) is 0 Å². The van der Waals surface area contributed by atoms with E-state index in [1.54, 1.807) is 0 Å². The number of nitrogens with zero attached hydrogens (tertiary/aromatic N) is 2. The number of hydrogen-bond acceptors (Lipinski definition) is 4. The molecule has 1 aromatic carbocycles. The number of likely N-dealkylation sites (tertiary alicyclic amines) is 2. The second-order valence-electron chi connectivity index (χ2n) is 8.76. The molecule has 2 aliphatic heterocycles. The zero-order valence-electron chi connectivity index (χ0n) is 17.7. The lowest BCUT2D eigenvalue weighted by Crippen LogP contribution is -2.39. The van der Waals surface area contributed by atoms with Crippen LogP contribution in [0.25, 0.3) is 0 Å². The lowest BCUT2D eigenvalue weighted by Gasteiger charge is -2.34. The van der Waals surface area contributed by atoms with Gasteiger partial charge in [0.15, 0.2) is 0 Å². The van der Waals surface area contributed by atoms with Gasteiger partial charge < -0.3 is 9.64 Å². The van der Waals surface area contributed by atoms with E-state index in [1.165, 1.54) is 43.6 Å². The summed E-state index contributed by atoms with van der Waals surface area (Å²) < 4.78 is 5.65. The van der Waals surface area contributed by atoms with Gasteiger partial charge in [0.05, 0.1) is 0 Å². The molecule has 164 valence electrons. The van der Waals surface area contributed by atoms with Gasteiger partial charge in [-0.05, 0) is 84.8 Å². The number of hydrogen-bond donors (Lipinski definition) is 0. The third-order valence-corrected chi connectivity index (χ3v) is 7.94. The van der Waals surface area contributed by atoms with Gasteiger partial charge in [0.2, 0.25) is 0 Å². The Hall–Kier alpha value is -0.620. The van der Waals surface area contributed by atoms with E-state index < -0.39 is 0 Å². The van der Waals surface area contributed by atoms with Crippen molar-refractivity contribution < 1.29 is 4.74 Å². The fourth-order valence-corrected chi connectivity index (χ4v) is 6.17. The molecule has 0 bridgehead atoms. The zero-order valence-corrected chi connectivity index (χ0v) is 20.1. The molecule has 2 aliphatic rings. The Kier molecular flexibility index (Phi) is 8.13. The Morgan fingerprint density at radius 2 is 1.93 bits per heavy atom. The molecule has 2 saturated heterocycles. The van der Waals surface area contributed by atoms with Crippen LogP contribution in [-0.4, -0.2) is 55.7 Å². The van der Waals surface area contributed by atoms with E-state index in [2.05, 4.69) is 39.6 Å². The molecule has 2 atom stereocenters. The van der Waals surface area contributed by atoms with Crippen LogP contribution < -0.4 is 0 Å². The van der Waals surface area contributed by atoms with Crippen LogP contribution in [-0.2, 0) is 11.3 Å². The largest absolute Gasteiger partial charge is 0.381 e. The van der Waals surface area contributed by atoms with Crippen LogP contribution in [0.4, 0.5) is 0 Å². The van der Waals surface area contributed by atoms with Gasteiger partial charge in [-0.1, -0.05) is 29.3 Å².